The zero-order valence-corrected chi connectivity index (χ0v) is 20.3. The lowest BCUT2D eigenvalue weighted by Crippen LogP contribution is -2.45. The SMILES string of the molecule is CCC(CC)(C(=O)O)C(Sc1nc2ccccc2o1)C(CC(=O)O)Sc1nc2ccccc2o1. The van der Waals surface area contributed by atoms with Gasteiger partial charge in [0.25, 0.3) is 10.4 Å². The highest BCUT2D eigenvalue weighted by Crippen LogP contribution is 2.48. The number of nitrogens with zero attached hydrogens (tertiary/aromatic N) is 2. The van der Waals surface area contributed by atoms with Gasteiger partial charge in [0.15, 0.2) is 11.2 Å². The van der Waals surface area contributed by atoms with Gasteiger partial charge in [0.05, 0.1) is 11.8 Å². The van der Waals surface area contributed by atoms with Crippen LogP contribution in [0.2, 0.25) is 0 Å². The average molecular weight is 501 g/mol. The molecule has 2 aromatic carbocycles. The number of aromatic nitrogens is 2. The summed E-state index contributed by atoms with van der Waals surface area (Å²) in [6.45, 7) is 3.61. The Morgan fingerprint density at radius 2 is 1.38 bits per heavy atom. The Morgan fingerprint density at radius 1 is 0.882 bits per heavy atom. The highest BCUT2D eigenvalue weighted by molar-refractivity contribution is 8.03. The first-order valence-corrected chi connectivity index (χ1v) is 12.6. The number of fused-ring (bicyclic) bond motifs is 2. The molecule has 0 aliphatic rings. The van der Waals surface area contributed by atoms with Gasteiger partial charge >= 0.3 is 11.9 Å². The highest BCUT2D eigenvalue weighted by atomic mass is 32.2. The molecule has 0 saturated heterocycles. The molecule has 0 radical (unpaired) electrons. The van der Waals surface area contributed by atoms with Crippen LogP contribution in [-0.4, -0.2) is 42.6 Å². The summed E-state index contributed by atoms with van der Waals surface area (Å²) in [6.07, 6.45) is 0.332. The third-order valence-electron chi connectivity index (χ3n) is 5.97. The second kappa shape index (κ2) is 10.1. The van der Waals surface area contributed by atoms with Crippen molar-refractivity contribution in [2.24, 2.45) is 5.41 Å². The monoisotopic (exact) mass is 500 g/mol. The van der Waals surface area contributed by atoms with Crippen LogP contribution in [-0.2, 0) is 9.59 Å². The number of carbonyl (C=O) groups is 2. The molecule has 10 heteroatoms. The Bertz CT molecular complexity index is 1250. The molecule has 2 unspecified atom stereocenters. The Kier molecular flexibility index (Phi) is 7.18. The van der Waals surface area contributed by atoms with Crippen LogP contribution in [0.25, 0.3) is 22.2 Å². The van der Waals surface area contributed by atoms with Crippen LogP contribution in [0.3, 0.4) is 0 Å². The van der Waals surface area contributed by atoms with Crippen LogP contribution >= 0.6 is 23.5 Å². The van der Waals surface area contributed by atoms with Gasteiger partial charge in [0.2, 0.25) is 0 Å². The fraction of sp³-hybridized carbons (Fsp3) is 0.333. The van der Waals surface area contributed by atoms with Crippen LogP contribution < -0.4 is 0 Å². The topological polar surface area (TPSA) is 127 Å². The molecule has 2 aromatic heterocycles. The first kappa shape index (κ1) is 24.2. The zero-order chi connectivity index (χ0) is 24.3. The van der Waals surface area contributed by atoms with E-state index >= 15 is 0 Å². The van der Waals surface area contributed by atoms with Gasteiger partial charge in [-0.2, -0.15) is 0 Å². The molecule has 0 saturated carbocycles. The minimum Gasteiger partial charge on any atom is -0.481 e. The summed E-state index contributed by atoms with van der Waals surface area (Å²) in [4.78, 5) is 33.5. The number of carboxylic acids is 2. The summed E-state index contributed by atoms with van der Waals surface area (Å²) in [5.74, 6) is -2.03. The van der Waals surface area contributed by atoms with E-state index in [2.05, 4.69) is 9.97 Å². The Hall–Kier alpha value is -2.98. The summed E-state index contributed by atoms with van der Waals surface area (Å²) in [5, 5.41) is 19.3. The Morgan fingerprint density at radius 3 is 1.82 bits per heavy atom. The van der Waals surface area contributed by atoms with Crippen molar-refractivity contribution in [2.75, 3.05) is 0 Å². The number of benzene rings is 2. The van der Waals surface area contributed by atoms with E-state index < -0.39 is 27.9 Å². The molecule has 0 fully saturated rings. The maximum Gasteiger partial charge on any atom is 0.310 e. The van der Waals surface area contributed by atoms with E-state index in [1.807, 2.05) is 30.3 Å². The number of hydrogen-bond donors (Lipinski definition) is 2. The van der Waals surface area contributed by atoms with Crippen LogP contribution in [0.1, 0.15) is 33.1 Å². The van der Waals surface area contributed by atoms with E-state index in [0.717, 1.165) is 23.5 Å². The summed E-state index contributed by atoms with van der Waals surface area (Å²) in [6, 6.07) is 14.5. The van der Waals surface area contributed by atoms with Crippen LogP contribution in [0, 0.1) is 5.41 Å². The first-order valence-electron chi connectivity index (χ1n) is 10.9. The normalized spacial score (nSPS) is 13.8. The molecule has 4 rings (SSSR count). The van der Waals surface area contributed by atoms with Gasteiger partial charge in [-0.25, -0.2) is 9.97 Å². The van der Waals surface area contributed by atoms with Crippen LogP contribution in [0.4, 0.5) is 0 Å². The lowest BCUT2D eigenvalue weighted by molar-refractivity contribution is -0.150. The molecule has 0 aliphatic carbocycles. The van der Waals surface area contributed by atoms with E-state index in [1.54, 1.807) is 32.0 Å². The third kappa shape index (κ3) is 4.78. The number of hydrogen-bond acceptors (Lipinski definition) is 8. The van der Waals surface area contributed by atoms with Gasteiger partial charge in [0.1, 0.15) is 11.0 Å². The number of carboxylic acid groups (broad SMARTS) is 2. The lowest BCUT2D eigenvalue weighted by atomic mass is 9.77. The van der Waals surface area contributed by atoms with Gasteiger partial charge in [-0.15, -0.1) is 0 Å². The van der Waals surface area contributed by atoms with Crippen LogP contribution in [0.5, 0.6) is 0 Å². The van der Waals surface area contributed by atoms with Crippen molar-refractivity contribution < 1.29 is 28.6 Å². The van der Waals surface area contributed by atoms with E-state index in [0.29, 0.717) is 45.5 Å². The molecule has 4 aromatic rings. The Balaban J connectivity index is 1.77. The van der Waals surface area contributed by atoms with Gasteiger partial charge in [-0.1, -0.05) is 61.6 Å². The second-order valence-corrected chi connectivity index (χ2v) is 10.1. The summed E-state index contributed by atoms with van der Waals surface area (Å²) in [7, 11) is 0. The summed E-state index contributed by atoms with van der Waals surface area (Å²) in [5.41, 5.74) is 1.25. The number of para-hydroxylation sites is 4. The van der Waals surface area contributed by atoms with E-state index in [4.69, 9.17) is 8.83 Å². The lowest BCUT2D eigenvalue weighted by Gasteiger charge is -2.38. The molecule has 0 spiro atoms. The van der Waals surface area contributed by atoms with E-state index in [-0.39, 0.29) is 6.42 Å². The van der Waals surface area contributed by atoms with Crippen molar-refractivity contribution in [3.8, 4) is 0 Å². The molecule has 0 aliphatic heterocycles. The maximum atomic E-state index is 12.6. The highest BCUT2D eigenvalue weighted by Gasteiger charge is 2.49. The standard InChI is InChI=1S/C24H24N2O6S2/c1-3-24(4-2,21(29)30)20(34-23-26-15-10-6-8-12-17(15)32-23)18(13-19(27)28)33-22-25-14-9-5-7-11-16(14)31-22/h5-12,18,20H,3-4,13H2,1-2H3,(H,27,28)(H,29,30). The number of oxazole rings is 2. The molecule has 8 nitrogen and oxygen atoms in total. The maximum absolute atomic E-state index is 12.6. The summed E-state index contributed by atoms with van der Waals surface area (Å²) < 4.78 is 11.7. The molecular formula is C24H24N2O6S2. The number of thioether (sulfide) groups is 2. The van der Waals surface area contributed by atoms with Gasteiger partial charge in [0, 0.05) is 10.5 Å². The van der Waals surface area contributed by atoms with E-state index in [1.165, 1.54) is 0 Å². The predicted molar refractivity (Wildman–Crippen MR) is 130 cm³/mol. The molecule has 2 N–H and O–H groups in total. The van der Waals surface area contributed by atoms with Gasteiger partial charge < -0.3 is 19.0 Å². The molecule has 0 bridgehead atoms. The van der Waals surface area contributed by atoms with Crippen LogP contribution in [0.15, 0.2) is 67.8 Å². The van der Waals surface area contributed by atoms with E-state index in [9.17, 15) is 19.8 Å². The number of aliphatic carboxylic acids is 2. The molecule has 34 heavy (non-hydrogen) atoms. The van der Waals surface area contributed by atoms with Crippen molar-refractivity contribution in [3.05, 3.63) is 48.5 Å². The minimum atomic E-state index is -1.22. The predicted octanol–water partition coefficient (Wildman–Crippen LogP) is 5.96. The number of rotatable bonds is 11. The van der Waals surface area contributed by atoms with Crippen molar-refractivity contribution in [2.45, 2.75) is 54.1 Å². The summed E-state index contributed by atoms with van der Waals surface area (Å²) >= 11 is 2.30. The first-order chi connectivity index (χ1) is 16.4. The zero-order valence-electron chi connectivity index (χ0n) is 18.6. The minimum absolute atomic E-state index is 0.281. The van der Waals surface area contributed by atoms with Crippen molar-refractivity contribution in [1.82, 2.24) is 9.97 Å². The Labute approximate surface area is 204 Å². The van der Waals surface area contributed by atoms with Crippen molar-refractivity contribution in [3.63, 3.8) is 0 Å². The second-order valence-electron chi connectivity index (χ2n) is 7.86. The molecule has 2 heterocycles. The van der Waals surface area contributed by atoms with Gasteiger partial charge in [-0.05, 0) is 37.1 Å². The smallest absolute Gasteiger partial charge is 0.310 e. The molecular weight excluding hydrogens is 476 g/mol. The van der Waals surface area contributed by atoms with Crippen molar-refractivity contribution in [1.29, 1.82) is 0 Å². The third-order valence-corrected chi connectivity index (χ3v) is 8.67. The fourth-order valence-electron chi connectivity index (χ4n) is 4.04. The quantitative estimate of drug-likeness (QED) is 0.238. The fourth-order valence-corrected chi connectivity index (χ4v) is 6.95. The van der Waals surface area contributed by atoms with Gasteiger partial charge in [-0.3, -0.25) is 9.59 Å². The molecule has 0 amide bonds. The average Bonchev–Trinajstić information content (AvgIpc) is 3.41. The largest absolute Gasteiger partial charge is 0.481 e. The molecule has 178 valence electrons. The van der Waals surface area contributed by atoms with Crippen molar-refractivity contribution >= 4 is 57.7 Å². The molecule has 2 atom stereocenters.